The molecule has 0 saturated heterocycles. The second-order valence-electron chi connectivity index (χ2n) is 4.16. The highest BCUT2D eigenvalue weighted by molar-refractivity contribution is 5.04. The molecule has 0 saturated carbocycles. The van der Waals surface area contributed by atoms with Gasteiger partial charge in [0.15, 0.2) is 0 Å². The Morgan fingerprint density at radius 2 is 0.870 bits per heavy atom. The molecule has 0 aromatic rings. The van der Waals surface area contributed by atoms with E-state index in [0.717, 1.165) is 0 Å². The van der Waals surface area contributed by atoms with Crippen LogP contribution in [-0.2, 0) is 0 Å². The molecule has 0 fully saturated rings. The highest BCUT2D eigenvalue weighted by atomic mass is 19.4. The molecule has 0 rings (SSSR count). The molecule has 0 atom stereocenters. The van der Waals surface area contributed by atoms with E-state index in [1.54, 1.807) is 0 Å². The van der Waals surface area contributed by atoms with Crippen LogP contribution in [0, 0.1) is 0 Å². The Hall–Kier alpha value is -1.05. The quantitative estimate of drug-likeness (QED) is 0.540. The molecular formula is C8H3F15. The highest BCUT2D eigenvalue weighted by Crippen LogP contribution is 2.57. The third-order valence-corrected chi connectivity index (χ3v) is 2.42. The van der Waals surface area contributed by atoms with Crippen LogP contribution in [0.2, 0.25) is 0 Å². The van der Waals surface area contributed by atoms with Crippen LogP contribution in [0.3, 0.4) is 0 Å². The van der Waals surface area contributed by atoms with Gasteiger partial charge in [0, 0.05) is 0 Å². The maximum Gasteiger partial charge on any atom is 0.460 e. The maximum atomic E-state index is 12.7. The summed E-state index contributed by atoms with van der Waals surface area (Å²) < 4.78 is 183. The fraction of sp³-hybridized carbons (Fsp3) is 1.00. The van der Waals surface area contributed by atoms with Crippen molar-refractivity contribution in [2.24, 2.45) is 0 Å². The minimum Gasteiger partial charge on any atom is -0.203 e. The summed E-state index contributed by atoms with van der Waals surface area (Å²) in [6, 6.07) is 0. The summed E-state index contributed by atoms with van der Waals surface area (Å²) in [7, 11) is 0. The van der Waals surface area contributed by atoms with Crippen LogP contribution >= 0.6 is 0 Å². The molecule has 0 heterocycles. The lowest BCUT2D eigenvalue weighted by atomic mass is 9.95. The van der Waals surface area contributed by atoms with Gasteiger partial charge in [-0.1, -0.05) is 0 Å². The third kappa shape index (κ3) is 3.41. The maximum absolute atomic E-state index is 12.7. The van der Waals surface area contributed by atoms with Crippen molar-refractivity contribution in [3.05, 3.63) is 0 Å². The predicted octanol–water partition coefficient (Wildman–Crippen LogP) is 5.38. The van der Waals surface area contributed by atoms with Crippen molar-refractivity contribution in [2.45, 2.75) is 48.6 Å². The van der Waals surface area contributed by atoms with E-state index in [9.17, 15) is 65.9 Å². The molecule has 0 amide bonds. The van der Waals surface area contributed by atoms with E-state index < -0.39 is 48.6 Å². The van der Waals surface area contributed by atoms with Gasteiger partial charge in [0.05, 0.1) is 6.42 Å². The van der Waals surface area contributed by atoms with Crippen molar-refractivity contribution in [3.8, 4) is 0 Å². The molecule has 0 radical (unpaired) electrons. The van der Waals surface area contributed by atoms with Crippen LogP contribution in [0.4, 0.5) is 65.9 Å². The fourth-order valence-electron chi connectivity index (χ4n) is 1.08. The summed E-state index contributed by atoms with van der Waals surface area (Å²) in [5, 5.41) is 0. The molecule has 0 aliphatic carbocycles. The van der Waals surface area contributed by atoms with Crippen LogP contribution < -0.4 is 0 Å². The summed E-state index contributed by atoms with van der Waals surface area (Å²) in [5.74, 6) is -35.7. The normalized spacial score (nSPS) is 16.2. The summed E-state index contributed by atoms with van der Waals surface area (Å²) in [5.41, 5.74) is 0. The first-order valence-electron chi connectivity index (χ1n) is 4.89. The Morgan fingerprint density at radius 1 is 0.522 bits per heavy atom. The van der Waals surface area contributed by atoms with Gasteiger partial charge in [0.1, 0.15) is 0 Å². The molecule has 15 heteroatoms. The molecule has 0 aliphatic rings. The monoisotopic (exact) mass is 384 g/mol. The average Bonchev–Trinajstić information content (AvgIpc) is 2.24. The fourth-order valence-corrected chi connectivity index (χ4v) is 1.08. The summed E-state index contributed by atoms with van der Waals surface area (Å²) >= 11 is 0. The highest BCUT2D eigenvalue weighted by Gasteiger charge is 2.83. The van der Waals surface area contributed by atoms with Crippen LogP contribution in [-0.4, -0.2) is 42.2 Å². The van der Waals surface area contributed by atoms with Gasteiger partial charge in [0.25, 0.3) is 0 Å². The first kappa shape index (κ1) is 21.9. The number of halogens is 15. The second kappa shape index (κ2) is 5.50. The zero-order valence-corrected chi connectivity index (χ0v) is 9.95. The summed E-state index contributed by atoms with van der Waals surface area (Å²) in [4.78, 5) is 0. The van der Waals surface area contributed by atoms with Crippen LogP contribution in [0.25, 0.3) is 0 Å². The van der Waals surface area contributed by atoms with E-state index in [1.165, 1.54) is 0 Å². The van der Waals surface area contributed by atoms with Gasteiger partial charge in [-0.3, -0.25) is 0 Å². The van der Waals surface area contributed by atoms with E-state index in [1.807, 2.05) is 0 Å². The van der Waals surface area contributed by atoms with Gasteiger partial charge >= 0.3 is 42.2 Å². The molecule has 0 aromatic heterocycles. The zero-order chi connectivity index (χ0) is 19.3. The lowest BCUT2D eigenvalue weighted by Gasteiger charge is -2.36. The van der Waals surface area contributed by atoms with E-state index >= 15 is 0 Å². The standard InChI is InChI=1S/C8H3F15/c9-2(10)5(15,16)3(11,12)1-4(13,14)6(17,18)7(19,20)8(21,22)23/h2H,1H2. The first-order chi connectivity index (χ1) is 9.65. The van der Waals surface area contributed by atoms with Crippen molar-refractivity contribution in [1.29, 1.82) is 0 Å². The molecule has 23 heavy (non-hydrogen) atoms. The van der Waals surface area contributed by atoms with Gasteiger partial charge in [-0.15, -0.1) is 0 Å². The van der Waals surface area contributed by atoms with E-state index in [2.05, 4.69) is 0 Å². The molecule has 140 valence electrons. The smallest absolute Gasteiger partial charge is 0.203 e. The van der Waals surface area contributed by atoms with Crippen LogP contribution in [0.15, 0.2) is 0 Å². The molecule has 0 aliphatic heterocycles. The minimum absolute atomic E-state index is 4.38. The van der Waals surface area contributed by atoms with Crippen molar-refractivity contribution in [1.82, 2.24) is 0 Å². The Balaban J connectivity index is 5.83. The summed E-state index contributed by atoms with van der Waals surface area (Å²) in [6.07, 6.45) is -17.1. The lowest BCUT2D eigenvalue weighted by molar-refractivity contribution is -0.405. The lowest BCUT2D eigenvalue weighted by Crippen LogP contribution is -2.63. The molecule has 0 N–H and O–H groups in total. The van der Waals surface area contributed by atoms with Crippen LogP contribution in [0.5, 0.6) is 0 Å². The van der Waals surface area contributed by atoms with Crippen LogP contribution in [0.1, 0.15) is 6.42 Å². The molecule has 0 unspecified atom stereocenters. The Morgan fingerprint density at radius 3 is 1.13 bits per heavy atom. The average molecular weight is 384 g/mol. The summed E-state index contributed by atoms with van der Waals surface area (Å²) in [6.45, 7) is 0. The van der Waals surface area contributed by atoms with Gasteiger partial charge in [-0.25, -0.2) is 8.78 Å². The number of hydrogen-bond donors (Lipinski definition) is 0. The largest absolute Gasteiger partial charge is 0.460 e. The molecule has 0 spiro atoms. The van der Waals surface area contributed by atoms with Crippen molar-refractivity contribution in [2.75, 3.05) is 0 Å². The van der Waals surface area contributed by atoms with Gasteiger partial charge < -0.3 is 0 Å². The van der Waals surface area contributed by atoms with E-state index in [0.29, 0.717) is 0 Å². The van der Waals surface area contributed by atoms with Crippen molar-refractivity contribution < 1.29 is 65.9 Å². The Labute approximate surface area is 116 Å². The van der Waals surface area contributed by atoms with Gasteiger partial charge in [0.2, 0.25) is 0 Å². The molecule has 0 bridgehead atoms. The predicted molar refractivity (Wildman–Crippen MR) is 41.4 cm³/mol. The van der Waals surface area contributed by atoms with Gasteiger partial charge in [-0.2, -0.15) is 57.1 Å². The minimum atomic E-state index is -7.61. The van der Waals surface area contributed by atoms with E-state index in [-0.39, 0.29) is 0 Å². The number of hydrogen-bond acceptors (Lipinski definition) is 0. The topological polar surface area (TPSA) is 0 Å². The number of rotatable bonds is 6. The molecular weight excluding hydrogens is 381 g/mol. The SMILES string of the molecule is FC(F)C(F)(F)C(F)(F)CC(F)(F)C(F)(F)C(F)(F)C(F)(F)F. The number of alkyl halides is 15. The second-order valence-corrected chi connectivity index (χ2v) is 4.16. The molecule has 0 nitrogen and oxygen atoms in total. The first-order valence-corrected chi connectivity index (χ1v) is 4.89. The molecule has 0 aromatic carbocycles. The zero-order valence-electron chi connectivity index (χ0n) is 9.95. The van der Waals surface area contributed by atoms with E-state index in [4.69, 9.17) is 0 Å². The Kier molecular flexibility index (Phi) is 5.25. The van der Waals surface area contributed by atoms with Crippen molar-refractivity contribution in [3.63, 3.8) is 0 Å². The van der Waals surface area contributed by atoms with Crippen molar-refractivity contribution >= 4 is 0 Å². The van der Waals surface area contributed by atoms with Gasteiger partial charge in [-0.05, 0) is 0 Å². The third-order valence-electron chi connectivity index (χ3n) is 2.42. The Bertz CT molecular complexity index is 416.